The highest BCUT2D eigenvalue weighted by molar-refractivity contribution is 14.1. The van der Waals surface area contributed by atoms with Crippen molar-refractivity contribution >= 4 is 34.3 Å². The van der Waals surface area contributed by atoms with Crippen LogP contribution in [0.2, 0.25) is 0 Å². The molecule has 3 nitrogen and oxygen atoms in total. The minimum absolute atomic E-state index is 0.0767. The normalized spacial score (nSPS) is 27.2. The van der Waals surface area contributed by atoms with Gasteiger partial charge in [-0.2, -0.15) is 0 Å². The Labute approximate surface area is 104 Å². The molecule has 86 valence electrons. The second-order valence-corrected chi connectivity index (χ2v) is 4.68. The Hall–Kier alpha value is -0.130. The molecule has 1 aliphatic carbocycles. The minimum Gasteiger partial charge on any atom is -0.465 e. The molecule has 1 rings (SSSR count). The maximum atomic E-state index is 12.0. The van der Waals surface area contributed by atoms with E-state index >= 15 is 0 Å². The SMILES string of the molecule is CCOC(=O)C1(CI)CCCCCC1=O. The van der Waals surface area contributed by atoms with Crippen LogP contribution < -0.4 is 0 Å². The maximum absolute atomic E-state index is 12.0. The first-order valence-electron chi connectivity index (χ1n) is 5.44. The van der Waals surface area contributed by atoms with E-state index in [1.54, 1.807) is 6.92 Å². The number of rotatable bonds is 3. The Morgan fingerprint density at radius 1 is 1.47 bits per heavy atom. The lowest BCUT2D eigenvalue weighted by Gasteiger charge is -2.26. The molecule has 0 aromatic carbocycles. The number of ether oxygens (including phenoxy) is 1. The van der Waals surface area contributed by atoms with Crippen LogP contribution in [-0.4, -0.2) is 22.8 Å². The summed E-state index contributed by atoms with van der Waals surface area (Å²) in [6, 6.07) is 0. The number of esters is 1. The largest absolute Gasteiger partial charge is 0.465 e. The summed E-state index contributed by atoms with van der Waals surface area (Å²) in [4.78, 5) is 23.8. The number of alkyl halides is 1. The van der Waals surface area contributed by atoms with Crippen LogP contribution in [0.5, 0.6) is 0 Å². The number of ketones is 1. The molecule has 0 spiro atoms. The van der Waals surface area contributed by atoms with Crippen molar-refractivity contribution in [2.45, 2.75) is 39.0 Å². The Morgan fingerprint density at radius 2 is 2.20 bits per heavy atom. The molecule has 1 aliphatic rings. The van der Waals surface area contributed by atoms with Gasteiger partial charge in [-0.05, 0) is 19.8 Å². The van der Waals surface area contributed by atoms with Crippen molar-refractivity contribution in [3.8, 4) is 0 Å². The molecule has 0 amide bonds. The Kier molecular flexibility index (Phi) is 5.02. The molecular formula is C11H17IO3. The predicted octanol–water partition coefficient (Wildman–Crippen LogP) is 2.50. The standard InChI is InChI=1S/C11H17IO3/c1-2-15-10(14)11(8-12)7-5-3-4-6-9(11)13/h2-8H2,1H3. The van der Waals surface area contributed by atoms with Crippen molar-refractivity contribution in [3.05, 3.63) is 0 Å². The van der Waals surface area contributed by atoms with E-state index in [9.17, 15) is 9.59 Å². The van der Waals surface area contributed by atoms with Crippen molar-refractivity contribution in [2.75, 3.05) is 11.0 Å². The van der Waals surface area contributed by atoms with Crippen LogP contribution in [-0.2, 0) is 14.3 Å². The lowest BCUT2D eigenvalue weighted by molar-refractivity contribution is -0.158. The van der Waals surface area contributed by atoms with Crippen molar-refractivity contribution in [1.82, 2.24) is 0 Å². The fraction of sp³-hybridized carbons (Fsp3) is 0.818. The summed E-state index contributed by atoms with van der Waals surface area (Å²) in [5.41, 5.74) is -0.840. The first-order chi connectivity index (χ1) is 7.17. The second-order valence-electron chi connectivity index (χ2n) is 3.92. The average molecular weight is 324 g/mol. The third-order valence-electron chi connectivity index (χ3n) is 2.94. The molecule has 4 heteroatoms. The molecule has 0 heterocycles. The van der Waals surface area contributed by atoms with Crippen LogP contribution in [0.4, 0.5) is 0 Å². The van der Waals surface area contributed by atoms with Crippen molar-refractivity contribution in [3.63, 3.8) is 0 Å². The molecule has 1 saturated carbocycles. The number of carbonyl (C=O) groups excluding carboxylic acids is 2. The van der Waals surface area contributed by atoms with Gasteiger partial charge in [0.2, 0.25) is 0 Å². The summed E-state index contributed by atoms with van der Waals surface area (Å²) in [6.07, 6.45) is 4.10. The van der Waals surface area contributed by atoms with Gasteiger partial charge in [0.1, 0.15) is 5.41 Å². The second kappa shape index (κ2) is 5.82. The van der Waals surface area contributed by atoms with E-state index in [-0.39, 0.29) is 11.8 Å². The highest BCUT2D eigenvalue weighted by Crippen LogP contribution is 2.35. The van der Waals surface area contributed by atoms with Crippen LogP contribution in [0.15, 0.2) is 0 Å². The summed E-state index contributed by atoms with van der Waals surface area (Å²) < 4.78 is 5.58. The molecule has 1 atom stereocenters. The van der Waals surface area contributed by atoms with Crippen molar-refractivity contribution < 1.29 is 14.3 Å². The monoisotopic (exact) mass is 324 g/mol. The van der Waals surface area contributed by atoms with Gasteiger partial charge in [-0.25, -0.2) is 0 Å². The Bertz CT molecular complexity index is 252. The van der Waals surface area contributed by atoms with Crippen LogP contribution in [0.25, 0.3) is 0 Å². The average Bonchev–Trinajstić information content (AvgIpc) is 2.41. The van der Waals surface area contributed by atoms with Gasteiger partial charge in [-0.1, -0.05) is 35.4 Å². The van der Waals surface area contributed by atoms with Gasteiger partial charge in [0.25, 0.3) is 0 Å². The number of carbonyl (C=O) groups is 2. The Balaban J connectivity index is 2.87. The number of halogens is 1. The summed E-state index contributed by atoms with van der Waals surface area (Å²) in [5, 5.41) is 0. The molecule has 0 radical (unpaired) electrons. The molecular weight excluding hydrogens is 307 g/mol. The fourth-order valence-corrected chi connectivity index (χ4v) is 3.07. The highest BCUT2D eigenvalue weighted by Gasteiger charge is 2.45. The van der Waals surface area contributed by atoms with E-state index < -0.39 is 5.41 Å². The maximum Gasteiger partial charge on any atom is 0.320 e. The highest BCUT2D eigenvalue weighted by atomic mass is 127. The van der Waals surface area contributed by atoms with Crippen LogP contribution in [0.3, 0.4) is 0 Å². The van der Waals surface area contributed by atoms with Gasteiger partial charge in [0.05, 0.1) is 6.61 Å². The fourth-order valence-electron chi connectivity index (χ4n) is 1.95. The summed E-state index contributed by atoms with van der Waals surface area (Å²) >= 11 is 2.13. The van der Waals surface area contributed by atoms with E-state index in [1.165, 1.54) is 0 Å². The van der Waals surface area contributed by atoms with Gasteiger partial charge in [0.15, 0.2) is 5.78 Å². The number of hydrogen-bond acceptors (Lipinski definition) is 3. The molecule has 0 aromatic rings. The first-order valence-corrected chi connectivity index (χ1v) is 6.96. The molecule has 0 aromatic heterocycles. The zero-order valence-corrected chi connectivity index (χ0v) is 11.2. The molecule has 0 N–H and O–H groups in total. The molecule has 0 aliphatic heterocycles. The van der Waals surface area contributed by atoms with E-state index in [1.807, 2.05) is 0 Å². The third-order valence-corrected chi connectivity index (χ3v) is 4.24. The Morgan fingerprint density at radius 3 is 2.80 bits per heavy atom. The molecule has 1 unspecified atom stereocenters. The number of hydrogen-bond donors (Lipinski definition) is 0. The van der Waals surface area contributed by atoms with Gasteiger partial charge in [0, 0.05) is 10.8 Å². The van der Waals surface area contributed by atoms with E-state index in [0.29, 0.717) is 23.9 Å². The number of Topliss-reactive ketones (excluding diaryl/α,β-unsaturated/α-hetero) is 1. The lowest BCUT2D eigenvalue weighted by Crippen LogP contribution is -2.41. The predicted molar refractivity (Wildman–Crippen MR) is 66.0 cm³/mol. The summed E-state index contributed by atoms with van der Waals surface area (Å²) in [5.74, 6) is -0.237. The van der Waals surface area contributed by atoms with Crippen LogP contribution in [0, 0.1) is 5.41 Å². The van der Waals surface area contributed by atoms with E-state index in [4.69, 9.17) is 4.74 Å². The van der Waals surface area contributed by atoms with Crippen LogP contribution >= 0.6 is 22.6 Å². The van der Waals surface area contributed by atoms with Gasteiger partial charge < -0.3 is 4.74 Å². The quantitative estimate of drug-likeness (QED) is 0.263. The first kappa shape index (κ1) is 12.9. The van der Waals surface area contributed by atoms with Crippen molar-refractivity contribution in [2.24, 2.45) is 5.41 Å². The summed E-state index contributed by atoms with van der Waals surface area (Å²) in [6.45, 7) is 2.13. The minimum atomic E-state index is -0.840. The molecule has 0 bridgehead atoms. The zero-order valence-electron chi connectivity index (χ0n) is 9.05. The van der Waals surface area contributed by atoms with Crippen LogP contribution in [0.1, 0.15) is 39.0 Å². The molecule has 0 saturated heterocycles. The third kappa shape index (κ3) is 2.71. The van der Waals surface area contributed by atoms with Gasteiger partial charge in [-0.3, -0.25) is 9.59 Å². The van der Waals surface area contributed by atoms with Gasteiger partial charge in [-0.15, -0.1) is 0 Å². The summed E-state index contributed by atoms with van der Waals surface area (Å²) in [7, 11) is 0. The molecule has 15 heavy (non-hydrogen) atoms. The molecule has 1 fully saturated rings. The smallest absolute Gasteiger partial charge is 0.320 e. The zero-order chi connectivity index (χ0) is 11.3. The van der Waals surface area contributed by atoms with E-state index in [2.05, 4.69) is 22.6 Å². The van der Waals surface area contributed by atoms with Crippen molar-refractivity contribution in [1.29, 1.82) is 0 Å². The topological polar surface area (TPSA) is 43.4 Å². The van der Waals surface area contributed by atoms with E-state index in [0.717, 1.165) is 19.3 Å². The van der Waals surface area contributed by atoms with Gasteiger partial charge >= 0.3 is 5.97 Å². The lowest BCUT2D eigenvalue weighted by atomic mass is 9.81.